The summed E-state index contributed by atoms with van der Waals surface area (Å²) in [4.78, 5) is 29.4. The fraction of sp³-hybridized carbons (Fsp3) is 0.478. The summed E-state index contributed by atoms with van der Waals surface area (Å²) in [6.45, 7) is 0.351. The summed E-state index contributed by atoms with van der Waals surface area (Å²) in [6.07, 6.45) is 8.28. The molecule has 6 nitrogen and oxygen atoms in total. The molecule has 1 aromatic carbocycles. The summed E-state index contributed by atoms with van der Waals surface area (Å²) in [5.74, 6) is 10.5. The predicted molar refractivity (Wildman–Crippen MR) is 111 cm³/mol. The van der Waals surface area contributed by atoms with E-state index in [1.807, 2.05) is 36.4 Å². The lowest BCUT2D eigenvalue weighted by atomic mass is 10.0. The second kappa shape index (κ2) is 12.8. The van der Waals surface area contributed by atoms with Gasteiger partial charge in [0.25, 0.3) is 0 Å². The SMILES string of the molecule is NOC(=O)CCCC#CCN1C(=O)CCCC[C@@H]1/C=C/C(O)Cc1ccccc1. The van der Waals surface area contributed by atoms with Crippen LogP contribution in [-0.4, -0.2) is 40.6 Å². The van der Waals surface area contributed by atoms with Gasteiger partial charge in [-0.3, -0.25) is 9.59 Å². The van der Waals surface area contributed by atoms with E-state index in [0.717, 1.165) is 24.8 Å². The molecular weight excluding hydrogens is 368 g/mol. The maximum atomic E-state index is 12.5. The highest BCUT2D eigenvalue weighted by Gasteiger charge is 2.23. The van der Waals surface area contributed by atoms with Gasteiger partial charge in [0.1, 0.15) is 0 Å². The highest BCUT2D eigenvalue weighted by Crippen LogP contribution is 2.19. The normalized spacial score (nSPS) is 18.1. The van der Waals surface area contributed by atoms with Crippen molar-refractivity contribution >= 4 is 11.9 Å². The predicted octanol–water partition coefficient (Wildman–Crippen LogP) is 2.51. The van der Waals surface area contributed by atoms with Crippen molar-refractivity contribution in [1.29, 1.82) is 0 Å². The zero-order valence-corrected chi connectivity index (χ0v) is 16.8. The van der Waals surface area contributed by atoms with Gasteiger partial charge in [0.2, 0.25) is 5.91 Å². The van der Waals surface area contributed by atoms with E-state index in [0.29, 0.717) is 32.2 Å². The fourth-order valence-corrected chi connectivity index (χ4v) is 3.31. The largest absolute Gasteiger partial charge is 0.389 e. The molecule has 2 rings (SSSR count). The summed E-state index contributed by atoms with van der Waals surface area (Å²) in [7, 11) is 0. The topological polar surface area (TPSA) is 92.9 Å². The Labute approximate surface area is 172 Å². The number of amides is 1. The summed E-state index contributed by atoms with van der Waals surface area (Å²) in [5, 5.41) is 10.3. The quantitative estimate of drug-likeness (QED) is 0.304. The van der Waals surface area contributed by atoms with Crippen LogP contribution < -0.4 is 5.90 Å². The minimum atomic E-state index is -0.592. The molecule has 1 saturated heterocycles. The fourth-order valence-electron chi connectivity index (χ4n) is 3.31. The Morgan fingerprint density at radius 2 is 2.10 bits per heavy atom. The van der Waals surface area contributed by atoms with Crippen molar-refractivity contribution < 1.29 is 19.5 Å². The van der Waals surface area contributed by atoms with E-state index in [4.69, 9.17) is 5.90 Å². The molecule has 0 bridgehead atoms. The number of likely N-dealkylation sites (tertiary alicyclic amines) is 1. The number of hydrogen-bond donors (Lipinski definition) is 2. The lowest BCUT2D eigenvalue weighted by Gasteiger charge is -2.26. The van der Waals surface area contributed by atoms with Gasteiger partial charge in [-0.2, -0.15) is 5.90 Å². The lowest BCUT2D eigenvalue weighted by Crippen LogP contribution is -2.38. The first-order valence-electron chi connectivity index (χ1n) is 10.1. The van der Waals surface area contributed by atoms with Gasteiger partial charge in [-0.15, -0.1) is 5.92 Å². The molecule has 6 heteroatoms. The van der Waals surface area contributed by atoms with Gasteiger partial charge < -0.3 is 14.8 Å². The molecule has 2 atom stereocenters. The van der Waals surface area contributed by atoms with E-state index in [-0.39, 0.29) is 18.4 Å². The number of aliphatic hydroxyl groups excluding tert-OH is 1. The maximum absolute atomic E-state index is 12.5. The number of aliphatic hydroxyl groups is 1. The summed E-state index contributed by atoms with van der Waals surface area (Å²) < 4.78 is 0. The van der Waals surface area contributed by atoms with Crippen LogP contribution in [0.2, 0.25) is 0 Å². The van der Waals surface area contributed by atoms with Gasteiger partial charge in [0, 0.05) is 25.7 Å². The molecular formula is C23H30N2O4. The van der Waals surface area contributed by atoms with Crippen LogP contribution in [0.1, 0.15) is 50.5 Å². The molecule has 0 spiro atoms. The summed E-state index contributed by atoms with van der Waals surface area (Å²) in [5.41, 5.74) is 1.07. The van der Waals surface area contributed by atoms with Crippen molar-refractivity contribution in [2.75, 3.05) is 6.54 Å². The Hall–Kier alpha value is -2.62. The summed E-state index contributed by atoms with van der Waals surface area (Å²) >= 11 is 0. The Morgan fingerprint density at radius 1 is 1.31 bits per heavy atom. The number of benzene rings is 1. The van der Waals surface area contributed by atoms with Crippen LogP contribution >= 0.6 is 0 Å². The molecule has 0 radical (unpaired) electrons. The van der Waals surface area contributed by atoms with E-state index in [9.17, 15) is 14.7 Å². The van der Waals surface area contributed by atoms with Crippen LogP contribution in [0.5, 0.6) is 0 Å². The lowest BCUT2D eigenvalue weighted by molar-refractivity contribution is -0.144. The van der Waals surface area contributed by atoms with Crippen LogP contribution in [0.15, 0.2) is 42.5 Å². The molecule has 0 aromatic heterocycles. The van der Waals surface area contributed by atoms with Crippen LogP contribution in [0.25, 0.3) is 0 Å². The summed E-state index contributed by atoms with van der Waals surface area (Å²) in [6, 6.07) is 9.77. The Kier molecular flexibility index (Phi) is 9.98. The number of rotatable bonds is 8. The Bertz CT molecular complexity index is 736. The van der Waals surface area contributed by atoms with Crippen LogP contribution in [0.4, 0.5) is 0 Å². The van der Waals surface area contributed by atoms with Crippen LogP contribution in [0, 0.1) is 11.8 Å². The number of nitrogens with two attached hydrogens (primary N) is 1. The average Bonchev–Trinajstić information content (AvgIpc) is 2.90. The molecule has 0 saturated carbocycles. The zero-order valence-electron chi connectivity index (χ0n) is 16.8. The molecule has 1 aliphatic heterocycles. The first-order chi connectivity index (χ1) is 14.1. The van der Waals surface area contributed by atoms with Crippen molar-refractivity contribution in [3.63, 3.8) is 0 Å². The third kappa shape index (κ3) is 8.51. The van der Waals surface area contributed by atoms with Crippen molar-refractivity contribution in [2.45, 2.75) is 63.5 Å². The number of carbonyl (C=O) groups excluding carboxylic acids is 2. The third-order valence-electron chi connectivity index (χ3n) is 4.89. The van der Waals surface area contributed by atoms with Gasteiger partial charge in [0.15, 0.2) is 0 Å². The monoisotopic (exact) mass is 398 g/mol. The minimum absolute atomic E-state index is 0.0584. The molecule has 1 heterocycles. The van der Waals surface area contributed by atoms with Crippen molar-refractivity contribution in [3.05, 3.63) is 48.0 Å². The van der Waals surface area contributed by atoms with Crippen LogP contribution in [-0.2, 0) is 20.8 Å². The molecule has 1 aromatic rings. The molecule has 156 valence electrons. The molecule has 0 aliphatic carbocycles. The van der Waals surface area contributed by atoms with Crippen molar-refractivity contribution in [2.24, 2.45) is 5.90 Å². The van der Waals surface area contributed by atoms with Gasteiger partial charge in [0.05, 0.1) is 18.7 Å². The molecule has 1 aliphatic rings. The molecule has 3 N–H and O–H groups in total. The smallest absolute Gasteiger partial charge is 0.324 e. The van der Waals surface area contributed by atoms with E-state index >= 15 is 0 Å². The first-order valence-corrected chi connectivity index (χ1v) is 10.1. The van der Waals surface area contributed by atoms with Crippen LogP contribution in [0.3, 0.4) is 0 Å². The van der Waals surface area contributed by atoms with Gasteiger partial charge in [-0.05, 0) is 24.8 Å². The van der Waals surface area contributed by atoms with Crippen molar-refractivity contribution in [1.82, 2.24) is 4.90 Å². The minimum Gasteiger partial charge on any atom is -0.389 e. The molecule has 1 amide bonds. The number of nitrogens with zero attached hydrogens (tertiary/aromatic N) is 1. The van der Waals surface area contributed by atoms with Gasteiger partial charge in [-0.1, -0.05) is 54.8 Å². The van der Waals surface area contributed by atoms with E-state index < -0.39 is 12.1 Å². The highest BCUT2D eigenvalue weighted by molar-refractivity contribution is 5.77. The van der Waals surface area contributed by atoms with Gasteiger partial charge >= 0.3 is 5.97 Å². The van der Waals surface area contributed by atoms with E-state index in [1.165, 1.54) is 0 Å². The number of hydrogen-bond acceptors (Lipinski definition) is 5. The third-order valence-corrected chi connectivity index (χ3v) is 4.89. The van der Waals surface area contributed by atoms with E-state index in [1.54, 1.807) is 11.0 Å². The molecule has 29 heavy (non-hydrogen) atoms. The standard InChI is InChI=1S/C23H30N2O4/c24-29-23(28)14-6-1-2-9-17-25-20(12-7-8-13-22(25)27)15-16-21(26)18-19-10-4-3-5-11-19/h3-5,10-11,15-16,20-21,26H,1,6-8,12-14,17-18,24H2/b16-15+/t20-,21?/m1/s1. The highest BCUT2D eigenvalue weighted by atomic mass is 16.7. The second-order valence-electron chi connectivity index (χ2n) is 7.17. The zero-order chi connectivity index (χ0) is 20.9. The van der Waals surface area contributed by atoms with Gasteiger partial charge in [-0.25, -0.2) is 0 Å². The number of unbranched alkanes of at least 4 members (excludes halogenated alkanes) is 1. The Balaban J connectivity index is 1.91. The number of carbonyl (C=O) groups is 2. The molecule has 1 unspecified atom stereocenters. The Morgan fingerprint density at radius 3 is 2.86 bits per heavy atom. The second-order valence-corrected chi connectivity index (χ2v) is 7.17. The maximum Gasteiger partial charge on any atom is 0.324 e. The molecule has 1 fully saturated rings. The first kappa shape index (κ1) is 22.7. The van der Waals surface area contributed by atoms with Crippen molar-refractivity contribution in [3.8, 4) is 11.8 Å². The average molecular weight is 399 g/mol. The van der Waals surface area contributed by atoms with E-state index in [2.05, 4.69) is 16.7 Å².